The Balaban J connectivity index is 2.40. The van der Waals surface area contributed by atoms with Gasteiger partial charge in [0.2, 0.25) is 0 Å². The third-order valence-electron chi connectivity index (χ3n) is 3.90. The summed E-state index contributed by atoms with van der Waals surface area (Å²) in [4.78, 5) is 2.72. The molecule has 0 amide bonds. The average molecular weight is 226 g/mol. The fourth-order valence-corrected chi connectivity index (χ4v) is 2.85. The van der Waals surface area contributed by atoms with Crippen LogP contribution in [0.5, 0.6) is 0 Å². The molecule has 0 saturated carbocycles. The van der Waals surface area contributed by atoms with Crippen LogP contribution >= 0.6 is 0 Å². The maximum absolute atomic E-state index is 5.72. The second-order valence-electron chi connectivity index (χ2n) is 5.79. The highest BCUT2D eigenvalue weighted by molar-refractivity contribution is 4.81. The van der Waals surface area contributed by atoms with E-state index >= 15 is 0 Å². The van der Waals surface area contributed by atoms with Crippen LogP contribution in [-0.2, 0) is 0 Å². The van der Waals surface area contributed by atoms with E-state index in [0.717, 1.165) is 24.5 Å². The highest BCUT2D eigenvalue weighted by Gasteiger charge is 2.25. The largest absolute Gasteiger partial charge is 0.330 e. The molecule has 0 aromatic rings. The van der Waals surface area contributed by atoms with Gasteiger partial charge < -0.3 is 5.73 Å². The van der Waals surface area contributed by atoms with Gasteiger partial charge in [0.15, 0.2) is 0 Å². The second-order valence-corrected chi connectivity index (χ2v) is 5.79. The Kier molecular flexibility index (Phi) is 6.37. The fraction of sp³-hybridized carbons (Fsp3) is 1.00. The van der Waals surface area contributed by atoms with Crippen LogP contribution in [0.2, 0.25) is 0 Å². The standard InChI is InChI=1S/C14H30N2/c1-12(2)7-8-13(3)16-11-5-4-6-14(16)9-10-15/h12-14H,4-11,15H2,1-3H3. The molecule has 16 heavy (non-hydrogen) atoms. The predicted octanol–water partition coefficient (Wildman–Crippen LogP) is 3.01. The lowest BCUT2D eigenvalue weighted by Crippen LogP contribution is -2.45. The van der Waals surface area contributed by atoms with E-state index in [1.165, 1.54) is 45.1 Å². The van der Waals surface area contributed by atoms with Crippen LogP contribution in [0.4, 0.5) is 0 Å². The molecule has 1 fully saturated rings. The van der Waals surface area contributed by atoms with Crippen LogP contribution in [0.25, 0.3) is 0 Å². The number of nitrogens with zero attached hydrogens (tertiary/aromatic N) is 1. The second kappa shape index (κ2) is 7.29. The first kappa shape index (κ1) is 14.0. The summed E-state index contributed by atoms with van der Waals surface area (Å²) in [5.74, 6) is 0.834. The Hall–Kier alpha value is -0.0800. The number of rotatable bonds is 6. The van der Waals surface area contributed by atoms with Gasteiger partial charge in [0.25, 0.3) is 0 Å². The van der Waals surface area contributed by atoms with Gasteiger partial charge in [0, 0.05) is 12.1 Å². The van der Waals surface area contributed by atoms with Crippen LogP contribution in [-0.4, -0.2) is 30.1 Å². The highest BCUT2D eigenvalue weighted by atomic mass is 15.2. The van der Waals surface area contributed by atoms with E-state index in [1.54, 1.807) is 0 Å². The zero-order valence-corrected chi connectivity index (χ0v) is 11.4. The monoisotopic (exact) mass is 226 g/mol. The molecule has 2 unspecified atom stereocenters. The quantitative estimate of drug-likeness (QED) is 0.754. The summed E-state index contributed by atoms with van der Waals surface area (Å²) in [6.07, 6.45) is 8.03. The molecule has 0 aliphatic carbocycles. The zero-order valence-electron chi connectivity index (χ0n) is 11.4. The molecule has 2 atom stereocenters. The molecular formula is C14H30N2. The number of piperidine rings is 1. The van der Waals surface area contributed by atoms with Crippen LogP contribution in [0.1, 0.15) is 59.3 Å². The third-order valence-corrected chi connectivity index (χ3v) is 3.90. The van der Waals surface area contributed by atoms with Crippen LogP contribution < -0.4 is 5.73 Å². The van der Waals surface area contributed by atoms with E-state index in [9.17, 15) is 0 Å². The van der Waals surface area contributed by atoms with Crippen molar-refractivity contribution in [2.24, 2.45) is 11.7 Å². The molecule has 2 N–H and O–H groups in total. The summed E-state index contributed by atoms with van der Waals surface area (Å²) in [5.41, 5.74) is 5.72. The lowest BCUT2D eigenvalue weighted by atomic mass is 9.95. The number of hydrogen-bond donors (Lipinski definition) is 1. The summed E-state index contributed by atoms with van der Waals surface area (Å²) >= 11 is 0. The summed E-state index contributed by atoms with van der Waals surface area (Å²) in [6.45, 7) is 9.18. The van der Waals surface area contributed by atoms with Crippen molar-refractivity contribution in [2.45, 2.75) is 71.4 Å². The first-order valence-electron chi connectivity index (χ1n) is 7.11. The van der Waals surface area contributed by atoms with E-state index in [0.29, 0.717) is 0 Å². The lowest BCUT2D eigenvalue weighted by Gasteiger charge is -2.40. The van der Waals surface area contributed by atoms with Crippen molar-refractivity contribution in [3.63, 3.8) is 0 Å². The van der Waals surface area contributed by atoms with Crippen LogP contribution in [0.15, 0.2) is 0 Å². The van der Waals surface area contributed by atoms with Gasteiger partial charge in [-0.15, -0.1) is 0 Å². The molecule has 0 aromatic heterocycles. The van der Waals surface area contributed by atoms with Gasteiger partial charge in [-0.05, 0) is 58.0 Å². The van der Waals surface area contributed by atoms with Gasteiger partial charge in [-0.2, -0.15) is 0 Å². The summed E-state index contributed by atoms with van der Waals surface area (Å²) in [5, 5.41) is 0. The SMILES string of the molecule is CC(C)CCC(C)N1CCCCC1CCN. The molecule has 1 saturated heterocycles. The molecule has 0 bridgehead atoms. The van der Waals surface area contributed by atoms with E-state index < -0.39 is 0 Å². The maximum atomic E-state index is 5.72. The first-order valence-corrected chi connectivity index (χ1v) is 7.11. The summed E-state index contributed by atoms with van der Waals surface area (Å²) in [6, 6.07) is 1.51. The topological polar surface area (TPSA) is 29.3 Å². The lowest BCUT2D eigenvalue weighted by molar-refractivity contribution is 0.0909. The van der Waals surface area contributed by atoms with Crippen molar-refractivity contribution < 1.29 is 0 Å². The smallest absolute Gasteiger partial charge is 0.0110 e. The van der Waals surface area contributed by atoms with Crippen molar-refractivity contribution in [3.8, 4) is 0 Å². The van der Waals surface area contributed by atoms with Crippen molar-refractivity contribution >= 4 is 0 Å². The molecule has 0 spiro atoms. The Morgan fingerprint density at radius 2 is 1.94 bits per heavy atom. The summed E-state index contributed by atoms with van der Waals surface area (Å²) < 4.78 is 0. The molecule has 1 heterocycles. The molecule has 2 heteroatoms. The van der Waals surface area contributed by atoms with Gasteiger partial charge in [-0.3, -0.25) is 4.90 Å². The maximum Gasteiger partial charge on any atom is 0.0110 e. The van der Waals surface area contributed by atoms with Crippen LogP contribution in [0, 0.1) is 5.92 Å². The van der Waals surface area contributed by atoms with Gasteiger partial charge in [-0.25, -0.2) is 0 Å². The number of nitrogens with two attached hydrogens (primary N) is 1. The van der Waals surface area contributed by atoms with E-state index in [-0.39, 0.29) is 0 Å². The van der Waals surface area contributed by atoms with Crippen molar-refractivity contribution in [1.29, 1.82) is 0 Å². The van der Waals surface area contributed by atoms with Crippen molar-refractivity contribution in [2.75, 3.05) is 13.1 Å². The normalized spacial score (nSPS) is 24.9. The zero-order chi connectivity index (χ0) is 12.0. The van der Waals surface area contributed by atoms with E-state index in [2.05, 4.69) is 25.7 Å². The average Bonchev–Trinajstić information content (AvgIpc) is 2.27. The number of hydrogen-bond acceptors (Lipinski definition) is 2. The summed E-state index contributed by atoms with van der Waals surface area (Å²) in [7, 11) is 0. The molecule has 0 aromatic carbocycles. The van der Waals surface area contributed by atoms with Crippen molar-refractivity contribution in [1.82, 2.24) is 4.90 Å². The molecular weight excluding hydrogens is 196 g/mol. The highest BCUT2D eigenvalue weighted by Crippen LogP contribution is 2.24. The van der Waals surface area contributed by atoms with E-state index in [1.807, 2.05) is 0 Å². The predicted molar refractivity (Wildman–Crippen MR) is 71.6 cm³/mol. The van der Waals surface area contributed by atoms with Crippen LogP contribution in [0.3, 0.4) is 0 Å². The molecule has 96 valence electrons. The Labute approximate surface area is 102 Å². The molecule has 2 nitrogen and oxygen atoms in total. The molecule has 1 rings (SSSR count). The minimum Gasteiger partial charge on any atom is -0.330 e. The van der Waals surface area contributed by atoms with Gasteiger partial charge in [-0.1, -0.05) is 20.3 Å². The van der Waals surface area contributed by atoms with Crippen molar-refractivity contribution in [3.05, 3.63) is 0 Å². The Morgan fingerprint density at radius 3 is 2.56 bits per heavy atom. The number of likely N-dealkylation sites (tertiary alicyclic amines) is 1. The Bertz CT molecular complexity index is 178. The minimum atomic E-state index is 0.749. The molecule has 0 radical (unpaired) electrons. The molecule has 1 aliphatic heterocycles. The Morgan fingerprint density at radius 1 is 1.19 bits per heavy atom. The first-order chi connectivity index (χ1) is 7.65. The fourth-order valence-electron chi connectivity index (χ4n) is 2.85. The third kappa shape index (κ3) is 4.42. The molecule has 1 aliphatic rings. The van der Waals surface area contributed by atoms with Gasteiger partial charge in [0.1, 0.15) is 0 Å². The minimum absolute atomic E-state index is 0.749. The van der Waals surface area contributed by atoms with E-state index in [4.69, 9.17) is 5.73 Å². The van der Waals surface area contributed by atoms with Gasteiger partial charge in [0.05, 0.1) is 0 Å². The van der Waals surface area contributed by atoms with Gasteiger partial charge >= 0.3 is 0 Å².